The van der Waals surface area contributed by atoms with Gasteiger partial charge >= 0.3 is 0 Å². The van der Waals surface area contributed by atoms with Crippen LogP contribution < -0.4 is 10.5 Å². The van der Waals surface area contributed by atoms with E-state index in [9.17, 15) is 9.50 Å². The van der Waals surface area contributed by atoms with Gasteiger partial charge in [0.2, 0.25) is 5.82 Å². The zero-order valence-corrected chi connectivity index (χ0v) is 10.4. The lowest BCUT2D eigenvalue weighted by Gasteiger charge is -2.27. The van der Waals surface area contributed by atoms with Crippen LogP contribution in [0.1, 0.15) is 31.2 Å². The van der Waals surface area contributed by atoms with Crippen molar-refractivity contribution < 1.29 is 14.2 Å². The van der Waals surface area contributed by atoms with E-state index < -0.39 is 17.1 Å². The average Bonchev–Trinajstić information content (AvgIpc) is 2.74. The predicted molar refractivity (Wildman–Crippen MR) is 64.0 cm³/mol. The minimum atomic E-state index is -0.841. The zero-order valence-electron chi connectivity index (χ0n) is 9.59. The summed E-state index contributed by atoms with van der Waals surface area (Å²) < 4.78 is 18.8. The van der Waals surface area contributed by atoms with Gasteiger partial charge < -0.3 is 15.6 Å². The van der Waals surface area contributed by atoms with Gasteiger partial charge in [0.1, 0.15) is 0 Å². The Morgan fingerprint density at radius 3 is 2.59 bits per heavy atom. The average molecular weight is 260 g/mol. The molecule has 1 aliphatic carbocycles. The van der Waals surface area contributed by atoms with E-state index in [0.29, 0.717) is 5.56 Å². The van der Waals surface area contributed by atoms with Crippen LogP contribution in [0.25, 0.3) is 0 Å². The number of hydrogen-bond donors (Lipinski definition) is 2. The van der Waals surface area contributed by atoms with Crippen molar-refractivity contribution in [2.24, 2.45) is 5.73 Å². The molecule has 0 heterocycles. The van der Waals surface area contributed by atoms with Crippen LogP contribution in [0, 0.1) is 5.82 Å². The van der Waals surface area contributed by atoms with Crippen molar-refractivity contribution >= 4 is 11.6 Å². The molecule has 1 fully saturated rings. The largest absolute Gasteiger partial charge is 0.504 e. The molecule has 3 nitrogen and oxygen atoms in total. The van der Waals surface area contributed by atoms with E-state index in [1.165, 1.54) is 13.2 Å². The Morgan fingerprint density at radius 1 is 1.47 bits per heavy atom. The van der Waals surface area contributed by atoms with Crippen LogP contribution in [0.2, 0.25) is 5.02 Å². The molecule has 1 aromatic carbocycles. The van der Waals surface area contributed by atoms with Crippen molar-refractivity contribution in [2.45, 2.75) is 31.2 Å². The first kappa shape index (κ1) is 12.5. The Hall–Kier alpha value is -1.00. The third kappa shape index (κ3) is 1.96. The standard InChI is InChI=1S/C12H15ClFNO2/c1-17-11-7(12(15)4-2-3-5-12)6-8(13)10(16)9(11)14/h6,16H,2-5,15H2,1H3. The first-order valence-corrected chi connectivity index (χ1v) is 5.92. The van der Waals surface area contributed by atoms with Gasteiger partial charge in [-0.15, -0.1) is 0 Å². The Kier molecular flexibility index (Phi) is 3.19. The van der Waals surface area contributed by atoms with E-state index >= 15 is 0 Å². The Balaban J connectivity index is 2.60. The molecule has 1 aromatic rings. The first-order valence-electron chi connectivity index (χ1n) is 5.54. The fourth-order valence-electron chi connectivity index (χ4n) is 2.44. The summed E-state index contributed by atoms with van der Waals surface area (Å²) in [5.74, 6) is -1.43. The molecule has 0 amide bonds. The maximum absolute atomic E-state index is 13.8. The molecule has 3 N–H and O–H groups in total. The molecule has 0 aliphatic heterocycles. The van der Waals surface area contributed by atoms with Gasteiger partial charge in [-0.25, -0.2) is 0 Å². The summed E-state index contributed by atoms with van der Waals surface area (Å²) in [6.07, 6.45) is 3.54. The number of phenols is 1. The van der Waals surface area contributed by atoms with Crippen LogP contribution in [-0.4, -0.2) is 12.2 Å². The molecule has 5 heteroatoms. The van der Waals surface area contributed by atoms with Gasteiger partial charge in [0, 0.05) is 11.1 Å². The van der Waals surface area contributed by atoms with Crippen molar-refractivity contribution in [3.05, 3.63) is 22.5 Å². The molecule has 0 radical (unpaired) electrons. The SMILES string of the molecule is COc1c(C2(N)CCCC2)cc(Cl)c(O)c1F. The van der Waals surface area contributed by atoms with Gasteiger partial charge in [-0.1, -0.05) is 24.4 Å². The number of rotatable bonds is 2. The highest BCUT2D eigenvalue weighted by molar-refractivity contribution is 6.32. The molecule has 2 rings (SSSR count). The number of ether oxygens (including phenoxy) is 1. The fourth-order valence-corrected chi connectivity index (χ4v) is 2.63. The van der Waals surface area contributed by atoms with Crippen LogP contribution in [-0.2, 0) is 5.54 Å². The molecule has 17 heavy (non-hydrogen) atoms. The first-order chi connectivity index (χ1) is 7.99. The zero-order chi connectivity index (χ0) is 12.6. The van der Waals surface area contributed by atoms with Crippen molar-refractivity contribution in [3.63, 3.8) is 0 Å². The quantitative estimate of drug-likeness (QED) is 0.859. The number of phenolic OH excluding ortho intramolecular Hbond substituents is 1. The van der Waals surface area contributed by atoms with Gasteiger partial charge in [-0.2, -0.15) is 4.39 Å². The Bertz CT molecular complexity index is 445. The summed E-state index contributed by atoms with van der Waals surface area (Å²) in [6.45, 7) is 0. The molecule has 0 aromatic heterocycles. The lowest BCUT2D eigenvalue weighted by Crippen LogP contribution is -2.33. The van der Waals surface area contributed by atoms with Gasteiger partial charge in [0.05, 0.1) is 12.1 Å². The van der Waals surface area contributed by atoms with Crippen LogP contribution in [0.15, 0.2) is 6.07 Å². The second kappa shape index (κ2) is 4.35. The highest BCUT2D eigenvalue weighted by Crippen LogP contribution is 2.45. The molecule has 1 saturated carbocycles. The summed E-state index contributed by atoms with van der Waals surface area (Å²) in [5, 5.41) is 9.41. The summed E-state index contributed by atoms with van der Waals surface area (Å²) in [5.41, 5.74) is 6.19. The molecule has 0 bridgehead atoms. The van der Waals surface area contributed by atoms with E-state index in [0.717, 1.165) is 25.7 Å². The van der Waals surface area contributed by atoms with Gasteiger partial charge in [-0.3, -0.25) is 0 Å². The second-order valence-electron chi connectivity index (χ2n) is 4.47. The van der Waals surface area contributed by atoms with Gasteiger partial charge in [0.25, 0.3) is 0 Å². The normalized spacial score (nSPS) is 18.4. The van der Waals surface area contributed by atoms with E-state index in [-0.39, 0.29) is 10.8 Å². The number of halogens is 2. The smallest absolute Gasteiger partial charge is 0.208 e. The number of methoxy groups -OCH3 is 1. The minimum absolute atomic E-state index is 0.00343. The predicted octanol–water partition coefficient (Wildman–Crippen LogP) is 2.92. The van der Waals surface area contributed by atoms with Gasteiger partial charge in [-0.05, 0) is 18.9 Å². The molecule has 94 valence electrons. The number of nitrogens with two attached hydrogens (primary N) is 1. The number of aromatic hydroxyl groups is 1. The minimum Gasteiger partial charge on any atom is -0.504 e. The number of hydrogen-bond acceptors (Lipinski definition) is 3. The van der Waals surface area contributed by atoms with E-state index in [4.69, 9.17) is 22.1 Å². The van der Waals surface area contributed by atoms with E-state index in [1.807, 2.05) is 0 Å². The maximum atomic E-state index is 13.8. The van der Waals surface area contributed by atoms with Crippen LogP contribution in [0.5, 0.6) is 11.5 Å². The highest BCUT2D eigenvalue weighted by Gasteiger charge is 2.36. The van der Waals surface area contributed by atoms with E-state index in [2.05, 4.69) is 0 Å². The molecule has 0 unspecified atom stereocenters. The van der Waals surface area contributed by atoms with E-state index in [1.54, 1.807) is 0 Å². The topological polar surface area (TPSA) is 55.5 Å². The summed E-state index contributed by atoms with van der Waals surface area (Å²) in [7, 11) is 1.35. The molecule has 0 saturated heterocycles. The van der Waals surface area contributed by atoms with Crippen molar-refractivity contribution in [2.75, 3.05) is 7.11 Å². The maximum Gasteiger partial charge on any atom is 0.208 e. The summed E-state index contributed by atoms with van der Waals surface area (Å²) in [6, 6.07) is 1.50. The third-order valence-corrected chi connectivity index (χ3v) is 3.67. The molecular formula is C12H15ClFNO2. The Labute approximate surface area is 104 Å². The van der Waals surface area contributed by atoms with Crippen molar-refractivity contribution in [1.29, 1.82) is 0 Å². The Morgan fingerprint density at radius 2 is 2.06 bits per heavy atom. The molecule has 1 aliphatic rings. The number of benzene rings is 1. The van der Waals surface area contributed by atoms with Crippen molar-refractivity contribution in [1.82, 2.24) is 0 Å². The summed E-state index contributed by atoms with van der Waals surface area (Å²) >= 11 is 5.79. The van der Waals surface area contributed by atoms with Gasteiger partial charge in [0.15, 0.2) is 11.5 Å². The fraction of sp³-hybridized carbons (Fsp3) is 0.500. The molecule has 0 atom stereocenters. The van der Waals surface area contributed by atoms with Crippen LogP contribution in [0.4, 0.5) is 4.39 Å². The monoisotopic (exact) mass is 259 g/mol. The highest BCUT2D eigenvalue weighted by atomic mass is 35.5. The lowest BCUT2D eigenvalue weighted by molar-refractivity contribution is 0.342. The summed E-state index contributed by atoms with van der Waals surface area (Å²) in [4.78, 5) is 0. The third-order valence-electron chi connectivity index (χ3n) is 3.39. The van der Waals surface area contributed by atoms with Crippen LogP contribution >= 0.6 is 11.6 Å². The van der Waals surface area contributed by atoms with Crippen LogP contribution in [0.3, 0.4) is 0 Å². The lowest BCUT2D eigenvalue weighted by atomic mass is 9.88. The molecule has 0 spiro atoms. The molecular weight excluding hydrogens is 245 g/mol. The second-order valence-corrected chi connectivity index (χ2v) is 4.87. The van der Waals surface area contributed by atoms with Crippen molar-refractivity contribution in [3.8, 4) is 11.5 Å².